The first kappa shape index (κ1) is 16.9. The highest BCUT2D eigenvalue weighted by Gasteiger charge is 1.92. The molecule has 0 heterocycles. The number of hydrogen-bond acceptors (Lipinski definition) is 3. The lowest BCUT2D eigenvalue weighted by atomic mass is 10.3. The summed E-state index contributed by atoms with van der Waals surface area (Å²) in [5, 5.41) is 0. The van der Waals surface area contributed by atoms with Crippen LogP contribution in [0.3, 0.4) is 0 Å². The molecule has 0 saturated heterocycles. The van der Waals surface area contributed by atoms with Crippen LogP contribution in [-0.4, -0.2) is 39.6 Å². The maximum atomic E-state index is 5.53. The second kappa shape index (κ2) is 15.9. The third kappa shape index (κ3) is 15.9. The fraction of sp³-hybridized carbons (Fsp3) is 1.00. The molecule has 3 heteroatoms. The molecule has 0 spiro atoms. The van der Waals surface area contributed by atoms with Gasteiger partial charge in [0, 0.05) is 39.6 Å². The van der Waals surface area contributed by atoms with Crippen LogP contribution in [0.25, 0.3) is 0 Å². The second-order valence-electron chi connectivity index (χ2n) is 4.19. The van der Waals surface area contributed by atoms with Crippen LogP contribution in [0.15, 0.2) is 0 Å². The summed E-state index contributed by atoms with van der Waals surface area (Å²) in [5.41, 5.74) is 0. The van der Waals surface area contributed by atoms with Crippen LogP contribution in [0.4, 0.5) is 0 Å². The largest absolute Gasteiger partial charge is 0.382 e. The van der Waals surface area contributed by atoms with Gasteiger partial charge in [-0.2, -0.15) is 0 Å². The van der Waals surface area contributed by atoms with E-state index in [1.54, 1.807) is 0 Å². The van der Waals surface area contributed by atoms with E-state index in [0.717, 1.165) is 65.3 Å². The van der Waals surface area contributed by atoms with Crippen molar-refractivity contribution in [1.82, 2.24) is 0 Å². The van der Waals surface area contributed by atoms with Crippen LogP contribution in [-0.2, 0) is 14.2 Å². The minimum Gasteiger partial charge on any atom is -0.382 e. The Bertz CT molecular complexity index is 115. The Labute approximate surface area is 107 Å². The Balaban J connectivity index is 2.85. The number of unbranched alkanes of at least 4 members (excludes halogenated alkanes) is 3. The van der Waals surface area contributed by atoms with Crippen molar-refractivity contribution in [1.29, 1.82) is 0 Å². The Hall–Kier alpha value is -0.120. The maximum absolute atomic E-state index is 5.53. The summed E-state index contributed by atoms with van der Waals surface area (Å²) < 4.78 is 16.3. The van der Waals surface area contributed by atoms with E-state index in [1.807, 2.05) is 6.92 Å². The average Bonchev–Trinajstić information content (AvgIpc) is 2.35. The molecule has 0 aromatic heterocycles. The highest BCUT2D eigenvalue weighted by Crippen LogP contribution is 1.96. The first-order valence-electron chi connectivity index (χ1n) is 7.15. The lowest BCUT2D eigenvalue weighted by molar-refractivity contribution is 0.0922. The minimum absolute atomic E-state index is 0.818. The molecule has 3 nitrogen and oxygen atoms in total. The van der Waals surface area contributed by atoms with Gasteiger partial charge in [-0.15, -0.1) is 0 Å². The Morgan fingerprint density at radius 1 is 0.529 bits per heavy atom. The van der Waals surface area contributed by atoms with Gasteiger partial charge in [0.2, 0.25) is 0 Å². The molecule has 0 atom stereocenters. The van der Waals surface area contributed by atoms with Crippen molar-refractivity contribution in [2.75, 3.05) is 39.6 Å². The summed E-state index contributed by atoms with van der Waals surface area (Å²) in [6, 6.07) is 0. The van der Waals surface area contributed by atoms with Gasteiger partial charge in [0.05, 0.1) is 0 Å². The lowest BCUT2D eigenvalue weighted by Crippen LogP contribution is -2.02. The van der Waals surface area contributed by atoms with Crippen LogP contribution in [0.2, 0.25) is 0 Å². The summed E-state index contributed by atoms with van der Waals surface area (Å²) in [6.45, 7) is 9.42. The molecule has 0 aliphatic carbocycles. The zero-order valence-corrected chi connectivity index (χ0v) is 11.7. The van der Waals surface area contributed by atoms with Gasteiger partial charge in [-0.25, -0.2) is 0 Å². The minimum atomic E-state index is 0.818. The van der Waals surface area contributed by atoms with Crippen LogP contribution in [0.5, 0.6) is 0 Å². The Kier molecular flexibility index (Phi) is 15.8. The molecule has 0 bridgehead atoms. The van der Waals surface area contributed by atoms with Crippen molar-refractivity contribution in [3.05, 3.63) is 0 Å². The summed E-state index contributed by atoms with van der Waals surface area (Å²) in [4.78, 5) is 0. The van der Waals surface area contributed by atoms with E-state index < -0.39 is 0 Å². The smallest absolute Gasteiger partial charge is 0.0466 e. The summed E-state index contributed by atoms with van der Waals surface area (Å²) in [7, 11) is 0. The molecule has 0 unspecified atom stereocenters. The number of hydrogen-bond donors (Lipinski definition) is 0. The summed E-state index contributed by atoms with van der Waals surface area (Å²) in [5.74, 6) is 0. The van der Waals surface area contributed by atoms with E-state index in [4.69, 9.17) is 14.2 Å². The normalized spacial score (nSPS) is 10.9. The molecule has 0 saturated carbocycles. The molecule has 17 heavy (non-hydrogen) atoms. The van der Waals surface area contributed by atoms with Gasteiger partial charge < -0.3 is 14.2 Å². The molecule has 0 fully saturated rings. The predicted molar refractivity (Wildman–Crippen MR) is 71.5 cm³/mol. The van der Waals surface area contributed by atoms with Gasteiger partial charge in [-0.05, 0) is 39.0 Å². The average molecular weight is 246 g/mol. The first-order valence-corrected chi connectivity index (χ1v) is 7.15. The highest BCUT2D eigenvalue weighted by molar-refractivity contribution is 4.41. The number of rotatable bonds is 14. The van der Waals surface area contributed by atoms with Crippen LogP contribution < -0.4 is 0 Å². The molecule has 0 radical (unpaired) electrons. The summed E-state index contributed by atoms with van der Waals surface area (Å²) in [6.07, 6.45) is 6.82. The standard InChI is InChI=1S/C14H30O3/c1-3-5-10-16-12-8-9-14-17-13-7-6-11-15-4-2/h3-14H2,1-2H3. The lowest BCUT2D eigenvalue weighted by Gasteiger charge is -2.05. The van der Waals surface area contributed by atoms with Crippen molar-refractivity contribution >= 4 is 0 Å². The van der Waals surface area contributed by atoms with Gasteiger partial charge in [-0.1, -0.05) is 13.3 Å². The predicted octanol–water partition coefficient (Wildman–Crippen LogP) is 3.42. The molecule has 0 aromatic rings. The molecule has 0 aromatic carbocycles. The fourth-order valence-corrected chi connectivity index (χ4v) is 1.41. The Morgan fingerprint density at radius 3 is 1.35 bits per heavy atom. The van der Waals surface area contributed by atoms with Crippen LogP contribution >= 0.6 is 0 Å². The van der Waals surface area contributed by atoms with E-state index in [2.05, 4.69) is 6.92 Å². The van der Waals surface area contributed by atoms with Gasteiger partial charge in [-0.3, -0.25) is 0 Å². The molecule has 0 rings (SSSR count). The van der Waals surface area contributed by atoms with E-state index in [0.29, 0.717) is 0 Å². The van der Waals surface area contributed by atoms with Crippen molar-refractivity contribution < 1.29 is 14.2 Å². The van der Waals surface area contributed by atoms with E-state index >= 15 is 0 Å². The van der Waals surface area contributed by atoms with Crippen molar-refractivity contribution in [2.24, 2.45) is 0 Å². The topological polar surface area (TPSA) is 27.7 Å². The quantitative estimate of drug-likeness (QED) is 0.440. The molecular weight excluding hydrogens is 216 g/mol. The zero-order chi connectivity index (χ0) is 12.6. The fourth-order valence-electron chi connectivity index (χ4n) is 1.41. The molecular formula is C14H30O3. The van der Waals surface area contributed by atoms with Crippen molar-refractivity contribution in [3.8, 4) is 0 Å². The molecule has 104 valence electrons. The maximum Gasteiger partial charge on any atom is 0.0466 e. The van der Waals surface area contributed by atoms with Gasteiger partial charge in [0.25, 0.3) is 0 Å². The third-order valence-corrected chi connectivity index (χ3v) is 2.50. The SMILES string of the molecule is CCCCOCCCCOCCCCOCC. The van der Waals surface area contributed by atoms with Crippen LogP contribution in [0, 0.1) is 0 Å². The summed E-state index contributed by atoms with van der Waals surface area (Å²) >= 11 is 0. The molecule has 0 amide bonds. The van der Waals surface area contributed by atoms with Crippen molar-refractivity contribution in [3.63, 3.8) is 0 Å². The zero-order valence-electron chi connectivity index (χ0n) is 11.7. The highest BCUT2D eigenvalue weighted by atomic mass is 16.5. The van der Waals surface area contributed by atoms with E-state index in [-0.39, 0.29) is 0 Å². The Morgan fingerprint density at radius 2 is 0.941 bits per heavy atom. The molecule has 0 aliphatic heterocycles. The molecule has 0 aliphatic rings. The van der Waals surface area contributed by atoms with Gasteiger partial charge >= 0.3 is 0 Å². The van der Waals surface area contributed by atoms with Crippen LogP contribution in [0.1, 0.15) is 52.4 Å². The van der Waals surface area contributed by atoms with Gasteiger partial charge in [0.1, 0.15) is 0 Å². The van der Waals surface area contributed by atoms with E-state index in [1.165, 1.54) is 12.8 Å². The number of ether oxygens (including phenoxy) is 3. The third-order valence-electron chi connectivity index (χ3n) is 2.50. The monoisotopic (exact) mass is 246 g/mol. The second-order valence-corrected chi connectivity index (χ2v) is 4.19. The first-order chi connectivity index (χ1) is 8.41. The molecule has 0 N–H and O–H groups in total. The van der Waals surface area contributed by atoms with Gasteiger partial charge in [0.15, 0.2) is 0 Å². The van der Waals surface area contributed by atoms with Crippen molar-refractivity contribution in [2.45, 2.75) is 52.4 Å². The van der Waals surface area contributed by atoms with E-state index in [9.17, 15) is 0 Å².